The van der Waals surface area contributed by atoms with Crippen LogP contribution in [0.15, 0.2) is 17.0 Å². The summed E-state index contributed by atoms with van der Waals surface area (Å²) in [5.74, 6) is 0.720. The molecule has 0 spiro atoms. The molecule has 0 fully saturated rings. The van der Waals surface area contributed by atoms with Crippen LogP contribution in [0, 0.1) is 0 Å². The summed E-state index contributed by atoms with van der Waals surface area (Å²) in [6.07, 6.45) is 3.48. The lowest BCUT2D eigenvalue weighted by atomic mass is 10.5. The molecule has 58 valence electrons. The Labute approximate surface area is 64.1 Å². The Kier molecular flexibility index (Phi) is 4.95. The summed E-state index contributed by atoms with van der Waals surface area (Å²) in [4.78, 5) is 5.69. The number of allylic oxidation sites excluding steroid dienone is 1. The molecule has 0 heterocycles. The topological polar surface area (TPSA) is 24.8 Å². The molecule has 0 N–H and O–H groups in total. The van der Waals surface area contributed by atoms with Gasteiger partial charge >= 0.3 is 0 Å². The van der Waals surface area contributed by atoms with Crippen LogP contribution in [0.2, 0.25) is 0 Å². The summed E-state index contributed by atoms with van der Waals surface area (Å²) in [6, 6.07) is 0. The smallest absolute Gasteiger partial charge is 0.156 e. The van der Waals surface area contributed by atoms with Gasteiger partial charge in [0, 0.05) is 27.3 Å². The van der Waals surface area contributed by atoms with E-state index in [2.05, 4.69) is 14.5 Å². The van der Waals surface area contributed by atoms with Crippen LogP contribution in [0.1, 0.15) is 0 Å². The summed E-state index contributed by atoms with van der Waals surface area (Å²) in [5.41, 5.74) is 0. The predicted molar refractivity (Wildman–Crippen MR) is 47.0 cm³/mol. The first-order chi connectivity index (χ1) is 4.70. The summed E-state index contributed by atoms with van der Waals surface area (Å²) >= 11 is 0. The van der Waals surface area contributed by atoms with E-state index in [1.807, 2.05) is 25.2 Å². The molecule has 4 heteroatoms. The third-order valence-electron chi connectivity index (χ3n) is 0.778. The van der Waals surface area contributed by atoms with Crippen LogP contribution in [0.4, 0.5) is 0 Å². The monoisotopic (exact) mass is 160 g/mol. The van der Waals surface area contributed by atoms with E-state index in [0.717, 1.165) is 5.76 Å². The fourth-order valence-corrected chi connectivity index (χ4v) is 0.598. The summed E-state index contributed by atoms with van der Waals surface area (Å²) in [5, 5.41) is 0. The van der Waals surface area contributed by atoms with Crippen molar-refractivity contribution in [3.8, 4) is 0 Å². The Morgan fingerprint density at radius 3 is 2.50 bits per heavy atom. The Bertz CT molecular complexity index is 143. The Balaban J connectivity index is 4.04. The van der Waals surface area contributed by atoms with Crippen molar-refractivity contribution < 1.29 is 4.52 Å². The molecule has 0 radical (unpaired) electrons. The molecule has 0 aromatic rings. The highest BCUT2D eigenvalue weighted by molar-refractivity contribution is 7.10. The van der Waals surface area contributed by atoms with Gasteiger partial charge in [0.2, 0.25) is 0 Å². The van der Waals surface area contributed by atoms with Crippen molar-refractivity contribution in [3.63, 3.8) is 0 Å². The van der Waals surface area contributed by atoms with Gasteiger partial charge in [0.1, 0.15) is 0 Å². The van der Waals surface area contributed by atoms with Crippen LogP contribution in [0.3, 0.4) is 0 Å². The van der Waals surface area contributed by atoms with Crippen molar-refractivity contribution in [2.45, 2.75) is 0 Å². The maximum Gasteiger partial charge on any atom is 0.156 e. The molecule has 10 heavy (non-hydrogen) atoms. The highest BCUT2D eigenvalue weighted by Crippen LogP contribution is 1.99. The SMILES string of the molecule is C/N=C/C(=C/N(C)C)OP. The lowest BCUT2D eigenvalue weighted by Crippen LogP contribution is -2.03. The largest absolute Gasteiger partial charge is 0.477 e. The summed E-state index contributed by atoms with van der Waals surface area (Å²) in [7, 11) is 7.72. The molecule has 0 aliphatic heterocycles. The number of rotatable bonds is 3. The van der Waals surface area contributed by atoms with E-state index in [9.17, 15) is 0 Å². The minimum Gasteiger partial charge on any atom is -0.477 e. The first-order valence-corrected chi connectivity index (χ1v) is 3.35. The minimum absolute atomic E-state index is 0.720. The van der Waals surface area contributed by atoms with Crippen LogP contribution in [0.25, 0.3) is 0 Å². The molecule has 0 saturated heterocycles. The van der Waals surface area contributed by atoms with Gasteiger partial charge in [-0.1, -0.05) is 0 Å². The van der Waals surface area contributed by atoms with E-state index in [0.29, 0.717) is 0 Å². The molecule has 0 bridgehead atoms. The molecule has 1 atom stereocenters. The molecule has 0 aliphatic carbocycles. The second-order valence-electron chi connectivity index (χ2n) is 2.00. The van der Waals surface area contributed by atoms with Gasteiger partial charge in [0.15, 0.2) is 5.76 Å². The lowest BCUT2D eigenvalue weighted by Gasteiger charge is -2.06. The predicted octanol–water partition coefficient (Wildman–Crippen LogP) is 0.897. The van der Waals surface area contributed by atoms with Gasteiger partial charge in [-0.2, -0.15) is 0 Å². The Hall–Kier alpha value is -0.560. The van der Waals surface area contributed by atoms with Crippen molar-refractivity contribution in [2.24, 2.45) is 4.99 Å². The number of nitrogens with zero attached hydrogens (tertiary/aromatic N) is 2. The second kappa shape index (κ2) is 5.24. The number of aliphatic imine (C=N–C) groups is 1. The van der Waals surface area contributed by atoms with Crippen LogP contribution < -0.4 is 0 Å². The highest BCUT2D eigenvalue weighted by atomic mass is 31.0. The quantitative estimate of drug-likeness (QED) is 0.348. The van der Waals surface area contributed by atoms with E-state index in [4.69, 9.17) is 4.52 Å². The number of hydrogen-bond donors (Lipinski definition) is 0. The second-order valence-corrected chi connectivity index (χ2v) is 2.24. The van der Waals surface area contributed by atoms with Crippen molar-refractivity contribution >= 4 is 15.7 Å². The third kappa shape index (κ3) is 4.33. The van der Waals surface area contributed by atoms with Crippen LogP contribution in [-0.4, -0.2) is 32.3 Å². The molecule has 0 saturated carbocycles. The standard InChI is InChI=1S/C6H13N2OP/c1-7-4-6(9-10)5-8(2)3/h4-5H,10H2,1-3H3/b6-5-,7-4+. The summed E-state index contributed by atoms with van der Waals surface area (Å²) in [6.45, 7) is 0. The van der Waals surface area contributed by atoms with Crippen molar-refractivity contribution in [1.82, 2.24) is 4.90 Å². The highest BCUT2D eigenvalue weighted by Gasteiger charge is 1.88. The first-order valence-electron chi connectivity index (χ1n) is 2.88. The van der Waals surface area contributed by atoms with Crippen LogP contribution in [-0.2, 0) is 4.52 Å². The van der Waals surface area contributed by atoms with Gasteiger partial charge in [0.05, 0.1) is 15.7 Å². The zero-order valence-electron chi connectivity index (χ0n) is 6.53. The lowest BCUT2D eigenvalue weighted by molar-refractivity contribution is 0.485. The maximum absolute atomic E-state index is 4.89. The van der Waals surface area contributed by atoms with Gasteiger partial charge in [0.25, 0.3) is 0 Å². The van der Waals surface area contributed by atoms with E-state index >= 15 is 0 Å². The van der Waals surface area contributed by atoms with E-state index in [1.54, 1.807) is 13.3 Å². The zero-order chi connectivity index (χ0) is 7.98. The first kappa shape index (κ1) is 9.44. The van der Waals surface area contributed by atoms with Gasteiger partial charge < -0.3 is 9.42 Å². The summed E-state index contributed by atoms with van der Waals surface area (Å²) < 4.78 is 4.89. The van der Waals surface area contributed by atoms with Gasteiger partial charge in [-0.05, 0) is 0 Å². The fraction of sp³-hybridized carbons (Fsp3) is 0.500. The van der Waals surface area contributed by atoms with Gasteiger partial charge in [-0.15, -0.1) is 0 Å². The fourth-order valence-electron chi connectivity index (χ4n) is 0.476. The Morgan fingerprint density at radius 2 is 2.20 bits per heavy atom. The van der Waals surface area contributed by atoms with E-state index in [-0.39, 0.29) is 0 Å². The number of hydrogen-bond acceptors (Lipinski definition) is 3. The molecule has 3 nitrogen and oxygen atoms in total. The average molecular weight is 160 g/mol. The van der Waals surface area contributed by atoms with Crippen molar-refractivity contribution in [3.05, 3.63) is 12.0 Å². The molecule has 1 unspecified atom stereocenters. The van der Waals surface area contributed by atoms with Gasteiger partial charge in [-0.3, -0.25) is 4.99 Å². The zero-order valence-corrected chi connectivity index (χ0v) is 7.69. The van der Waals surface area contributed by atoms with Crippen molar-refractivity contribution in [1.29, 1.82) is 0 Å². The minimum atomic E-state index is 0.720. The molecule has 0 aliphatic rings. The average Bonchev–Trinajstić information content (AvgIpc) is 1.86. The Morgan fingerprint density at radius 1 is 1.60 bits per heavy atom. The van der Waals surface area contributed by atoms with E-state index < -0.39 is 0 Å². The van der Waals surface area contributed by atoms with Gasteiger partial charge in [-0.25, -0.2) is 0 Å². The molecule has 0 amide bonds. The molecular formula is C6H13N2OP. The van der Waals surface area contributed by atoms with Crippen LogP contribution in [0.5, 0.6) is 0 Å². The van der Waals surface area contributed by atoms with Crippen molar-refractivity contribution in [2.75, 3.05) is 21.1 Å². The molecule has 0 rings (SSSR count). The maximum atomic E-state index is 4.89. The molecular weight excluding hydrogens is 147 g/mol. The molecule has 0 aromatic carbocycles. The normalized spacial score (nSPS) is 12.2. The third-order valence-corrected chi connectivity index (χ3v) is 1.05. The molecule has 0 aromatic heterocycles. The van der Waals surface area contributed by atoms with Crippen LogP contribution >= 0.6 is 9.47 Å². The van der Waals surface area contributed by atoms with E-state index in [1.165, 1.54) is 0 Å².